The van der Waals surface area contributed by atoms with Crippen LogP contribution in [0, 0.1) is 0 Å². The fourth-order valence-electron chi connectivity index (χ4n) is 2.12. The van der Waals surface area contributed by atoms with Gasteiger partial charge in [-0.2, -0.15) is 0 Å². The van der Waals surface area contributed by atoms with Crippen molar-refractivity contribution < 1.29 is 9.15 Å². The number of methoxy groups -OCH3 is 1. The number of ether oxygens (including phenoxy) is 1. The predicted molar refractivity (Wildman–Crippen MR) is 108 cm³/mol. The molecule has 0 bridgehead atoms. The third-order valence-corrected chi connectivity index (χ3v) is 4.39. The molecular weight excluding hydrogens is 459 g/mol. The van der Waals surface area contributed by atoms with Crippen LogP contribution < -0.4 is 11.4 Å². The molecule has 0 radical (unpaired) electrons. The fourth-order valence-corrected chi connectivity index (χ4v) is 3.14. The number of hydrogen-bond acceptors (Lipinski definition) is 7. The highest BCUT2D eigenvalue weighted by Gasteiger charge is 2.15. The van der Waals surface area contributed by atoms with Gasteiger partial charge in [0.1, 0.15) is 11.2 Å². The largest absolute Gasteiger partial charge is 0.483 e. The topological polar surface area (TPSA) is 104 Å². The Kier molecular flexibility index (Phi) is 5.79. The SMILES string of the molecule is CO/C(N)=C/C(=N/c1ncccc1Cl)c1nc2c(Cl)cc(Br)cc2c(=O)o1. The summed E-state index contributed by atoms with van der Waals surface area (Å²) in [6.45, 7) is 0. The van der Waals surface area contributed by atoms with Crippen LogP contribution in [-0.4, -0.2) is 22.8 Å². The molecular formula is C17H11BrCl2N4O3. The summed E-state index contributed by atoms with van der Waals surface area (Å²) in [6, 6.07) is 6.46. The van der Waals surface area contributed by atoms with Gasteiger partial charge in [-0.3, -0.25) is 0 Å². The summed E-state index contributed by atoms with van der Waals surface area (Å²) in [5, 5.41) is 0.786. The molecule has 0 fully saturated rings. The third-order valence-electron chi connectivity index (χ3n) is 3.35. The number of rotatable bonds is 4. The van der Waals surface area contributed by atoms with E-state index in [1.54, 1.807) is 24.3 Å². The molecule has 0 aliphatic rings. The second-order valence-corrected chi connectivity index (χ2v) is 6.88. The van der Waals surface area contributed by atoms with Gasteiger partial charge in [-0.05, 0) is 24.3 Å². The maximum absolute atomic E-state index is 12.4. The number of halogens is 3. The van der Waals surface area contributed by atoms with Crippen molar-refractivity contribution in [1.29, 1.82) is 0 Å². The molecule has 3 aromatic rings. The van der Waals surface area contributed by atoms with E-state index in [2.05, 4.69) is 30.9 Å². The number of pyridine rings is 1. The van der Waals surface area contributed by atoms with Crippen LogP contribution in [0.2, 0.25) is 10.0 Å². The summed E-state index contributed by atoms with van der Waals surface area (Å²) in [7, 11) is 1.38. The van der Waals surface area contributed by atoms with E-state index < -0.39 is 5.63 Å². The summed E-state index contributed by atoms with van der Waals surface area (Å²) in [4.78, 5) is 25.1. The maximum atomic E-state index is 12.4. The van der Waals surface area contributed by atoms with Gasteiger partial charge in [0.05, 0.1) is 22.5 Å². The normalized spacial score (nSPS) is 12.4. The number of nitrogens with two attached hydrogens (primary N) is 1. The van der Waals surface area contributed by atoms with Crippen LogP contribution in [0.4, 0.5) is 5.82 Å². The Morgan fingerprint density at radius 2 is 2.15 bits per heavy atom. The molecule has 0 amide bonds. The van der Waals surface area contributed by atoms with E-state index in [1.165, 1.54) is 19.4 Å². The number of hydrogen-bond donors (Lipinski definition) is 1. The zero-order valence-electron chi connectivity index (χ0n) is 13.7. The molecule has 3 rings (SSSR count). The van der Waals surface area contributed by atoms with Crippen molar-refractivity contribution in [2.24, 2.45) is 10.7 Å². The molecule has 27 heavy (non-hydrogen) atoms. The monoisotopic (exact) mass is 468 g/mol. The van der Waals surface area contributed by atoms with Crippen molar-refractivity contribution in [3.63, 3.8) is 0 Å². The van der Waals surface area contributed by atoms with E-state index >= 15 is 0 Å². The second kappa shape index (κ2) is 8.08. The minimum atomic E-state index is -0.637. The van der Waals surface area contributed by atoms with Gasteiger partial charge in [0.25, 0.3) is 0 Å². The summed E-state index contributed by atoms with van der Waals surface area (Å²) >= 11 is 15.6. The number of aromatic nitrogens is 2. The first kappa shape index (κ1) is 19.3. The van der Waals surface area contributed by atoms with Gasteiger partial charge < -0.3 is 14.9 Å². The van der Waals surface area contributed by atoms with Gasteiger partial charge >= 0.3 is 5.63 Å². The quantitative estimate of drug-likeness (QED) is 0.453. The number of fused-ring (bicyclic) bond motifs is 1. The zero-order valence-corrected chi connectivity index (χ0v) is 16.8. The number of nitrogens with zero attached hydrogens (tertiary/aromatic N) is 3. The Balaban J connectivity index is 2.27. The molecule has 138 valence electrons. The molecule has 0 saturated heterocycles. The third kappa shape index (κ3) is 4.29. The molecule has 2 heterocycles. The first-order valence-electron chi connectivity index (χ1n) is 7.39. The van der Waals surface area contributed by atoms with Crippen molar-refractivity contribution in [3.05, 3.63) is 73.3 Å². The Hall–Kier alpha value is -2.42. The number of aliphatic imine (C=N–C) groups is 1. The van der Waals surface area contributed by atoms with Crippen LogP contribution in [0.1, 0.15) is 5.89 Å². The van der Waals surface area contributed by atoms with Crippen LogP contribution >= 0.6 is 39.1 Å². The summed E-state index contributed by atoms with van der Waals surface area (Å²) in [5.41, 5.74) is 5.44. The lowest BCUT2D eigenvalue weighted by Crippen LogP contribution is -2.12. The Bertz CT molecular complexity index is 1140. The van der Waals surface area contributed by atoms with E-state index in [0.717, 1.165) is 0 Å². The van der Waals surface area contributed by atoms with Gasteiger partial charge in [-0.25, -0.2) is 19.8 Å². The summed E-state index contributed by atoms with van der Waals surface area (Å²) in [6.07, 6.45) is 2.86. The molecule has 10 heteroatoms. The van der Waals surface area contributed by atoms with E-state index in [4.69, 9.17) is 38.1 Å². The van der Waals surface area contributed by atoms with E-state index in [9.17, 15) is 4.79 Å². The lowest BCUT2D eigenvalue weighted by Gasteiger charge is -2.06. The van der Waals surface area contributed by atoms with E-state index in [-0.39, 0.29) is 39.2 Å². The first-order chi connectivity index (χ1) is 12.9. The highest BCUT2D eigenvalue weighted by molar-refractivity contribution is 9.10. The highest BCUT2D eigenvalue weighted by atomic mass is 79.9. The highest BCUT2D eigenvalue weighted by Crippen LogP contribution is 2.26. The predicted octanol–water partition coefficient (Wildman–Crippen LogP) is 4.22. The summed E-state index contributed by atoms with van der Waals surface area (Å²) in [5.74, 6) is 0.103. The minimum absolute atomic E-state index is 0.0206. The zero-order chi connectivity index (χ0) is 19.6. The van der Waals surface area contributed by atoms with Crippen LogP contribution in [0.3, 0.4) is 0 Å². The molecule has 7 nitrogen and oxygen atoms in total. The van der Waals surface area contributed by atoms with Gasteiger partial charge in [-0.15, -0.1) is 0 Å². The minimum Gasteiger partial charge on any atom is -0.483 e. The van der Waals surface area contributed by atoms with E-state index in [1.807, 2.05) is 0 Å². The molecule has 0 unspecified atom stereocenters. The Labute approximate surface area is 171 Å². The summed E-state index contributed by atoms with van der Waals surface area (Å²) < 4.78 is 10.9. The van der Waals surface area contributed by atoms with Crippen molar-refractivity contribution in [1.82, 2.24) is 9.97 Å². The standard InChI is InChI=1S/C17H11BrCl2N4O3/c1-26-13(21)7-12(23-15-10(19)3-2-4-22-15)16-24-14-9(17(25)27-16)5-8(18)6-11(14)20/h2-7H,21H2,1H3/b13-7+,23-12-. The van der Waals surface area contributed by atoms with Gasteiger partial charge in [-0.1, -0.05) is 39.1 Å². The number of allylic oxidation sites excluding steroid dienone is 1. The number of benzene rings is 1. The fraction of sp³-hybridized carbons (Fsp3) is 0.0588. The van der Waals surface area contributed by atoms with Gasteiger partial charge in [0.2, 0.25) is 5.89 Å². The average Bonchev–Trinajstić information content (AvgIpc) is 2.63. The molecule has 0 aliphatic carbocycles. The van der Waals surface area contributed by atoms with Crippen molar-refractivity contribution >= 4 is 61.6 Å². The van der Waals surface area contributed by atoms with Crippen LogP contribution in [-0.2, 0) is 4.74 Å². The molecule has 0 atom stereocenters. The van der Waals surface area contributed by atoms with Crippen LogP contribution in [0.25, 0.3) is 10.9 Å². The van der Waals surface area contributed by atoms with Crippen molar-refractivity contribution in [2.45, 2.75) is 0 Å². The molecule has 0 spiro atoms. The molecule has 1 aromatic carbocycles. The molecule has 0 saturated carbocycles. The van der Waals surface area contributed by atoms with Crippen molar-refractivity contribution in [2.75, 3.05) is 7.11 Å². The second-order valence-electron chi connectivity index (χ2n) is 5.15. The smallest absolute Gasteiger partial charge is 0.347 e. The van der Waals surface area contributed by atoms with E-state index in [0.29, 0.717) is 9.50 Å². The van der Waals surface area contributed by atoms with Crippen LogP contribution in [0.5, 0.6) is 0 Å². The average molecular weight is 470 g/mol. The van der Waals surface area contributed by atoms with Crippen LogP contribution in [0.15, 0.2) is 61.1 Å². The van der Waals surface area contributed by atoms with Gasteiger partial charge in [0.15, 0.2) is 11.7 Å². The maximum Gasteiger partial charge on any atom is 0.347 e. The molecule has 0 aliphatic heterocycles. The Morgan fingerprint density at radius 1 is 1.37 bits per heavy atom. The Morgan fingerprint density at radius 3 is 2.85 bits per heavy atom. The first-order valence-corrected chi connectivity index (χ1v) is 8.94. The molecule has 2 N–H and O–H groups in total. The van der Waals surface area contributed by atoms with Crippen molar-refractivity contribution in [3.8, 4) is 0 Å². The molecule has 2 aromatic heterocycles. The van der Waals surface area contributed by atoms with Gasteiger partial charge in [0, 0.05) is 16.7 Å². The lowest BCUT2D eigenvalue weighted by molar-refractivity contribution is 0.288. The lowest BCUT2D eigenvalue weighted by atomic mass is 10.2.